The normalized spacial score (nSPS) is 13.9. The van der Waals surface area contributed by atoms with Crippen molar-refractivity contribution >= 4 is 28.5 Å². The third-order valence-electron chi connectivity index (χ3n) is 4.86. The Morgan fingerprint density at radius 3 is 2.59 bits per heavy atom. The summed E-state index contributed by atoms with van der Waals surface area (Å²) in [6.45, 7) is 0.424. The van der Waals surface area contributed by atoms with Crippen molar-refractivity contribution in [3.63, 3.8) is 0 Å². The molecule has 27 heavy (non-hydrogen) atoms. The predicted molar refractivity (Wildman–Crippen MR) is 102 cm³/mol. The number of rotatable bonds is 6. The number of hydrogen-bond acceptors (Lipinski definition) is 4. The summed E-state index contributed by atoms with van der Waals surface area (Å²) in [5.41, 5.74) is 7.15. The van der Waals surface area contributed by atoms with Gasteiger partial charge in [0.1, 0.15) is 23.6 Å². The van der Waals surface area contributed by atoms with Gasteiger partial charge in [-0.2, -0.15) is 0 Å². The molecule has 1 aromatic heterocycles. The van der Waals surface area contributed by atoms with Gasteiger partial charge in [-0.3, -0.25) is 4.79 Å². The topological polar surface area (TPSA) is 94.6 Å². The van der Waals surface area contributed by atoms with Crippen molar-refractivity contribution in [3.05, 3.63) is 59.9 Å². The first-order valence-corrected chi connectivity index (χ1v) is 8.96. The molecule has 0 aliphatic heterocycles. The molecule has 2 aromatic carbocycles. The molecular weight excluding hydrogens is 344 g/mol. The molecular formula is C21H20N2O4. The number of ether oxygens (including phenoxy) is 1. The number of nitrogens with one attached hydrogen (secondary N) is 1. The first-order valence-electron chi connectivity index (χ1n) is 8.96. The van der Waals surface area contributed by atoms with Gasteiger partial charge >= 0.3 is 6.03 Å². The molecule has 2 amide bonds. The number of benzene rings is 2. The van der Waals surface area contributed by atoms with Gasteiger partial charge in [-0.15, -0.1) is 0 Å². The minimum absolute atomic E-state index is 0.0483. The van der Waals surface area contributed by atoms with Gasteiger partial charge in [-0.1, -0.05) is 36.8 Å². The van der Waals surface area contributed by atoms with E-state index in [9.17, 15) is 9.59 Å². The Morgan fingerprint density at radius 1 is 1.15 bits per heavy atom. The van der Waals surface area contributed by atoms with Crippen LogP contribution in [-0.4, -0.2) is 11.8 Å². The quantitative estimate of drug-likeness (QED) is 0.630. The SMILES string of the molecule is NC(=O)Nc1c(C(=O)C2CCC2)oc2cc(OCc3ccccc3)ccc12. The van der Waals surface area contributed by atoms with E-state index in [1.807, 2.05) is 30.3 Å². The van der Waals surface area contributed by atoms with Crippen molar-refractivity contribution < 1.29 is 18.7 Å². The second kappa shape index (κ2) is 7.15. The summed E-state index contributed by atoms with van der Waals surface area (Å²) in [5.74, 6) is 0.642. The Kier molecular flexibility index (Phi) is 4.54. The molecule has 1 aliphatic carbocycles. The number of anilines is 1. The number of furan rings is 1. The van der Waals surface area contributed by atoms with Crippen LogP contribution in [0.15, 0.2) is 52.9 Å². The molecule has 3 N–H and O–H groups in total. The summed E-state index contributed by atoms with van der Waals surface area (Å²) >= 11 is 0. The Labute approximate surface area is 156 Å². The number of carbonyl (C=O) groups is 2. The van der Waals surface area contributed by atoms with Crippen molar-refractivity contribution in [1.82, 2.24) is 0 Å². The maximum atomic E-state index is 12.7. The van der Waals surface area contributed by atoms with Crippen LogP contribution in [0.3, 0.4) is 0 Å². The summed E-state index contributed by atoms with van der Waals surface area (Å²) in [5, 5.41) is 3.17. The Morgan fingerprint density at radius 2 is 1.93 bits per heavy atom. The highest BCUT2D eigenvalue weighted by Crippen LogP contribution is 2.38. The van der Waals surface area contributed by atoms with E-state index in [2.05, 4.69) is 5.32 Å². The number of urea groups is 1. The molecule has 0 unspecified atom stereocenters. The lowest BCUT2D eigenvalue weighted by atomic mass is 9.81. The van der Waals surface area contributed by atoms with Crippen LogP contribution in [0.2, 0.25) is 0 Å². The number of hydrogen-bond donors (Lipinski definition) is 2. The zero-order valence-corrected chi connectivity index (χ0v) is 14.7. The van der Waals surface area contributed by atoms with Gasteiger partial charge in [0.15, 0.2) is 5.76 Å². The van der Waals surface area contributed by atoms with Crippen LogP contribution in [0.25, 0.3) is 11.0 Å². The molecule has 1 fully saturated rings. The van der Waals surface area contributed by atoms with Gasteiger partial charge in [0.05, 0.1) is 0 Å². The minimum Gasteiger partial charge on any atom is -0.489 e. The first-order chi connectivity index (χ1) is 13.1. The van der Waals surface area contributed by atoms with Gasteiger partial charge in [-0.25, -0.2) is 4.79 Å². The monoisotopic (exact) mass is 364 g/mol. The maximum absolute atomic E-state index is 12.7. The van der Waals surface area contributed by atoms with Crippen LogP contribution in [0.1, 0.15) is 35.4 Å². The molecule has 0 bridgehead atoms. The average molecular weight is 364 g/mol. The third-order valence-corrected chi connectivity index (χ3v) is 4.86. The summed E-state index contributed by atoms with van der Waals surface area (Å²) in [4.78, 5) is 24.1. The standard InChI is InChI=1S/C21H20N2O4/c22-21(25)23-18-16-10-9-15(26-12-13-5-2-1-3-6-13)11-17(16)27-20(18)19(24)14-7-4-8-14/h1-3,5-6,9-11,14H,4,7-8,12H2,(H3,22,23,25). The Bertz CT molecular complexity index is 990. The Balaban J connectivity index is 1.64. The van der Waals surface area contributed by atoms with Crippen molar-refractivity contribution in [2.24, 2.45) is 11.7 Å². The molecule has 0 radical (unpaired) electrons. The number of nitrogens with two attached hydrogens (primary N) is 1. The van der Waals surface area contributed by atoms with Crippen LogP contribution in [0.4, 0.5) is 10.5 Å². The summed E-state index contributed by atoms with van der Waals surface area (Å²) < 4.78 is 11.6. The van der Waals surface area contributed by atoms with E-state index in [-0.39, 0.29) is 17.5 Å². The van der Waals surface area contributed by atoms with Crippen LogP contribution in [0, 0.1) is 5.92 Å². The highest BCUT2D eigenvalue weighted by atomic mass is 16.5. The average Bonchev–Trinajstić information content (AvgIpc) is 2.96. The molecule has 138 valence electrons. The molecule has 0 atom stereocenters. The number of ketones is 1. The fraction of sp³-hybridized carbons (Fsp3) is 0.238. The van der Waals surface area contributed by atoms with Crippen molar-refractivity contribution in [2.45, 2.75) is 25.9 Å². The molecule has 0 saturated heterocycles. The van der Waals surface area contributed by atoms with E-state index in [1.54, 1.807) is 18.2 Å². The van der Waals surface area contributed by atoms with E-state index in [0.717, 1.165) is 24.8 Å². The maximum Gasteiger partial charge on any atom is 0.316 e. The van der Waals surface area contributed by atoms with Gasteiger partial charge in [0, 0.05) is 17.4 Å². The van der Waals surface area contributed by atoms with E-state index in [0.29, 0.717) is 29.0 Å². The van der Waals surface area contributed by atoms with Crippen LogP contribution in [0.5, 0.6) is 5.75 Å². The fourth-order valence-corrected chi connectivity index (χ4v) is 3.18. The number of Topliss-reactive ketones (excluding diaryl/α,β-unsaturated/α-hetero) is 1. The second-order valence-electron chi connectivity index (χ2n) is 6.72. The van der Waals surface area contributed by atoms with Gasteiger partial charge in [0.2, 0.25) is 5.78 Å². The number of carbonyl (C=O) groups excluding carboxylic acids is 2. The van der Waals surface area contributed by atoms with Crippen molar-refractivity contribution in [3.8, 4) is 5.75 Å². The van der Waals surface area contributed by atoms with E-state index in [4.69, 9.17) is 14.9 Å². The summed E-state index contributed by atoms with van der Waals surface area (Å²) in [7, 11) is 0. The molecule has 1 aliphatic rings. The first kappa shape index (κ1) is 17.1. The van der Waals surface area contributed by atoms with Crippen LogP contribution in [-0.2, 0) is 6.61 Å². The third kappa shape index (κ3) is 3.51. The molecule has 4 rings (SSSR count). The van der Waals surface area contributed by atoms with E-state index < -0.39 is 6.03 Å². The fourth-order valence-electron chi connectivity index (χ4n) is 3.18. The summed E-state index contributed by atoms with van der Waals surface area (Å²) in [6, 6.07) is 14.4. The van der Waals surface area contributed by atoms with Crippen LogP contribution >= 0.6 is 0 Å². The molecule has 1 heterocycles. The highest BCUT2D eigenvalue weighted by Gasteiger charge is 2.32. The zero-order chi connectivity index (χ0) is 18.8. The largest absolute Gasteiger partial charge is 0.489 e. The van der Waals surface area contributed by atoms with Crippen molar-refractivity contribution in [2.75, 3.05) is 5.32 Å². The molecule has 1 saturated carbocycles. The molecule has 0 spiro atoms. The predicted octanol–water partition coefficient (Wildman–Crippen LogP) is 4.49. The molecule has 3 aromatic rings. The lowest BCUT2D eigenvalue weighted by Crippen LogP contribution is -2.24. The zero-order valence-electron chi connectivity index (χ0n) is 14.7. The van der Waals surface area contributed by atoms with Crippen LogP contribution < -0.4 is 15.8 Å². The Hall–Kier alpha value is -3.28. The second-order valence-corrected chi connectivity index (χ2v) is 6.72. The van der Waals surface area contributed by atoms with Gasteiger partial charge in [-0.05, 0) is 30.5 Å². The number of fused-ring (bicyclic) bond motifs is 1. The number of primary amides is 1. The lowest BCUT2D eigenvalue weighted by molar-refractivity contribution is 0.0829. The van der Waals surface area contributed by atoms with Gasteiger partial charge in [0.25, 0.3) is 0 Å². The van der Waals surface area contributed by atoms with Crippen molar-refractivity contribution in [1.29, 1.82) is 0 Å². The lowest BCUT2D eigenvalue weighted by Gasteiger charge is -2.22. The summed E-state index contributed by atoms with van der Waals surface area (Å²) in [6.07, 6.45) is 2.72. The molecule has 6 heteroatoms. The van der Waals surface area contributed by atoms with Gasteiger partial charge < -0.3 is 20.2 Å². The molecule has 6 nitrogen and oxygen atoms in total. The smallest absolute Gasteiger partial charge is 0.316 e. The van der Waals surface area contributed by atoms with E-state index >= 15 is 0 Å². The van der Waals surface area contributed by atoms with E-state index in [1.165, 1.54) is 0 Å². The highest BCUT2D eigenvalue weighted by molar-refractivity contribution is 6.11. The minimum atomic E-state index is -0.732. The number of amides is 2.